The number of halogens is 2. The van der Waals surface area contributed by atoms with Crippen molar-refractivity contribution in [1.82, 2.24) is 19.9 Å². The Morgan fingerprint density at radius 2 is 1.74 bits per heavy atom. The lowest BCUT2D eigenvalue weighted by atomic mass is 10.2. The van der Waals surface area contributed by atoms with Crippen molar-refractivity contribution >= 4 is 17.1 Å². The smallest absolute Gasteiger partial charge is 0.278 e. The number of nitrogen functional groups attached to an aromatic ring is 1. The standard InChI is InChI=1S/C11H7F2N5O/c12-5-1-4(2-6(13)3-5)8-15-7-9(16-8)17-11(14)18-10(7)19/h1-3H,(H4,14,15,16,17,18,19). The van der Waals surface area contributed by atoms with Crippen molar-refractivity contribution in [3.63, 3.8) is 0 Å². The van der Waals surface area contributed by atoms with E-state index >= 15 is 0 Å². The summed E-state index contributed by atoms with van der Waals surface area (Å²) in [5, 5.41) is 0. The van der Waals surface area contributed by atoms with Crippen LogP contribution in [0.1, 0.15) is 0 Å². The fraction of sp³-hybridized carbons (Fsp3) is 0. The van der Waals surface area contributed by atoms with Crippen molar-refractivity contribution in [3.05, 3.63) is 40.2 Å². The zero-order valence-corrected chi connectivity index (χ0v) is 9.37. The summed E-state index contributed by atoms with van der Waals surface area (Å²) < 4.78 is 26.3. The average molecular weight is 263 g/mol. The Bertz CT molecular complexity index is 818. The number of benzene rings is 1. The largest absolute Gasteiger partial charge is 0.369 e. The van der Waals surface area contributed by atoms with Gasteiger partial charge in [0.2, 0.25) is 5.95 Å². The SMILES string of the molecule is Nc1nc2nc(-c3cc(F)cc(F)c3)[nH]c2c(=O)[nH]1. The number of hydrogen-bond acceptors (Lipinski definition) is 4. The predicted molar refractivity (Wildman–Crippen MR) is 64.3 cm³/mol. The second-order valence-corrected chi connectivity index (χ2v) is 3.89. The van der Waals surface area contributed by atoms with Gasteiger partial charge in [-0.15, -0.1) is 0 Å². The number of aromatic nitrogens is 4. The highest BCUT2D eigenvalue weighted by molar-refractivity contribution is 5.75. The average Bonchev–Trinajstić information content (AvgIpc) is 2.71. The first-order valence-corrected chi connectivity index (χ1v) is 5.25. The highest BCUT2D eigenvalue weighted by Crippen LogP contribution is 2.20. The van der Waals surface area contributed by atoms with Gasteiger partial charge >= 0.3 is 0 Å². The molecule has 0 spiro atoms. The minimum atomic E-state index is -0.739. The fourth-order valence-corrected chi connectivity index (χ4v) is 1.75. The third-order valence-electron chi connectivity index (χ3n) is 2.52. The molecule has 2 heterocycles. The Hall–Kier alpha value is -2.77. The van der Waals surface area contributed by atoms with Crippen LogP contribution in [0.2, 0.25) is 0 Å². The number of nitrogens with zero attached hydrogens (tertiary/aromatic N) is 2. The second-order valence-electron chi connectivity index (χ2n) is 3.89. The summed E-state index contributed by atoms with van der Waals surface area (Å²) in [6, 6.07) is 2.94. The van der Waals surface area contributed by atoms with E-state index in [1.165, 1.54) is 0 Å². The van der Waals surface area contributed by atoms with Gasteiger partial charge in [0.25, 0.3) is 5.56 Å². The predicted octanol–water partition coefficient (Wildman–Crippen LogP) is 1.17. The summed E-state index contributed by atoms with van der Waals surface area (Å²) in [6.45, 7) is 0. The second kappa shape index (κ2) is 3.87. The topological polar surface area (TPSA) is 100 Å². The third kappa shape index (κ3) is 1.92. The number of anilines is 1. The van der Waals surface area contributed by atoms with E-state index in [1.807, 2.05) is 0 Å². The van der Waals surface area contributed by atoms with Crippen molar-refractivity contribution in [2.45, 2.75) is 0 Å². The molecule has 0 fully saturated rings. The first-order valence-electron chi connectivity index (χ1n) is 5.25. The molecule has 8 heteroatoms. The number of H-pyrrole nitrogens is 2. The summed E-state index contributed by atoms with van der Waals surface area (Å²) >= 11 is 0. The van der Waals surface area contributed by atoms with Gasteiger partial charge in [-0.1, -0.05) is 0 Å². The molecular formula is C11H7F2N5O. The lowest BCUT2D eigenvalue weighted by Crippen LogP contribution is -2.10. The van der Waals surface area contributed by atoms with E-state index in [0.29, 0.717) is 0 Å². The maximum Gasteiger partial charge on any atom is 0.278 e. The number of rotatable bonds is 1. The quantitative estimate of drug-likeness (QED) is 0.613. The molecule has 1 aromatic carbocycles. The van der Waals surface area contributed by atoms with Gasteiger partial charge in [0.05, 0.1) is 0 Å². The van der Waals surface area contributed by atoms with Gasteiger partial charge in [-0.2, -0.15) is 4.98 Å². The highest BCUT2D eigenvalue weighted by atomic mass is 19.1. The maximum atomic E-state index is 13.1. The summed E-state index contributed by atoms with van der Waals surface area (Å²) in [5.41, 5.74) is 5.23. The normalized spacial score (nSPS) is 11.1. The van der Waals surface area contributed by atoms with Crippen LogP contribution in [0.4, 0.5) is 14.7 Å². The van der Waals surface area contributed by atoms with Crippen LogP contribution in [0.25, 0.3) is 22.6 Å². The Morgan fingerprint density at radius 3 is 2.42 bits per heavy atom. The number of fused-ring (bicyclic) bond motifs is 1. The molecule has 0 aliphatic heterocycles. The van der Waals surface area contributed by atoms with Crippen LogP contribution in [-0.2, 0) is 0 Å². The number of hydrogen-bond donors (Lipinski definition) is 3. The molecule has 4 N–H and O–H groups in total. The van der Waals surface area contributed by atoms with Gasteiger partial charge in [0.1, 0.15) is 17.5 Å². The first-order chi connectivity index (χ1) is 9.02. The minimum absolute atomic E-state index is 0.0824. The van der Waals surface area contributed by atoms with Crippen LogP contribution in [0.5, 0.6) is 0 Å². The van der Waals surface area contributed by atoms with Gasteiger partial charge in [0, 0.05) is 11.6 Å². The lowest BCUT2D eigenvalue weighted by Gasteiger charge is -1.97. The number of nitrogens with two attached hydrogens (primary N) is 1. The van der Waals surface area contributed by atoms with Crippen LogP contribution < -0.4 is 11.3 Å². The van der Waals surface area contributed by atoms with E-state index in [9.17, 15) is 13.6 Å². The molecule has 0 radical (unpaired) electrons. The molecule has 0 aliphatic carbocycles. The van der Waals surface area contributed by atoms with E-state index in [2.05, 4.69) is 19.9 Å². The molecule has 19 heavy (non-hydrogen) atoms. The maximum absolute atomic E-state index is 13.1. The van der Waals surface area contributed by atoms with Crippen LogP contribution >= 0.6 is 0 Å². The van der Waals surface area contributed by atoms with Gasteiger partial charge in [-0.3, -0.25) is 9.78 Å². The number of imidazole rings is 1. The van der Waals surface area contributed by atoms with E-state index in [1.54, 1.807) is 0 Å². The Balaban J connectivity index is 2.26. The number of nitrogens with one attached hydrogen (secondary N) is 2. The molecule has 3 rings (SSSR count). The molecule has 0 amide bonds. The van der Waals surface area contributed by atoms with Crippen LogP contribution in [0, 0.1) is 11.6 Å². The van der Waals surface area contributed by atoms with Crippen molar-refractivity contribution in [3.8, 4) is 11.4 Å². The molecular weight excluding hydrogens is 256 g/mol. The van der Waals surface area contributed by atoms with Gasteiger partial charge < -0.3 is 10.7 Å². The zero-order chi connectivity index (χ0) is 13.6. The van der Waals surface area contributed by atoms with E-state index < -0.39 is 17.2 Å². The zero-order valence-electron chi connectivity index (χ0n) is 9.37. The van der Waals surface area contributed by atoms with Crippen molar-refractivity contribution in [2.24, 2.45) is 0 Å². The van der Waals surface area contributed by atoms with Gasteiger partial charge in [-0.05, 0) is 12.1 Å². The van der Waals surface area contributed by atoms with Gasteiger partial charge in [0.15, 0.2) is 11.2 Å². The van der Waals surface area contributed by atoms with E-state index in [4.69, 9.17) is 5.73 Å². The lowest BCUT2D eigenvalue weighted by molar-refractivity contribution is 0.584. The molecule has 0 aliphatic rings. The molecule has 96 valence electrons. The summed E-state index contributed by atoms with van der Waals surface area (Å²) in [7, 11) is 0. The molecule has 0 bridgehead atoms. The van der Waals surface area contributed by atoms with Crippen molar-refractivity contribution in [2.75, 3.05) is 5.73 Å². The monoisotopic (exact) mass is 263 g/mol. The first kappa shape index (κ1) is 11.3. The summed E-state index contributed by atoms with van der Waals surface area (Å²) in [4.78, 5) is 24.3. The summed E-state index contributed by atoms with van der Waals surface area (Å²) in [5.74, 6) is -1.42. The Labute approximate surface area is 104 Å². The molecule has 0 saturated carbocycles. The Morgan fingerprint density at radius 1 is 1.05 bits per heavy atom. The minimum Gasteiger partial charge on any atom is -0.369 e. The van der Waals surface area contributed by atoms with Crippen molar-refractivity contribution < 1.29 is 8.78 Å². The number of aromatic amines is 2. The van der Waals surface area contributed by atoms with Crippen LogP contribution in [0.3, 0.4) is 0 Å². The van der Waals surface area contributed by atoms with E-state index in [0.717, 1.165) is 18.2 Å². The molecule has 3 aromatic rings. The van der Waals surface area contributed by atoms with Crippen LogP contribution in [-0.4, -0.2) is 19.9 Å². The fourth-order valence-electron chi connectivity index (χ4n) is 1.75. The van der Waals surface area contributed by atoms with Gasteiger partial charge in [-0.25, -0.2) is 13.8 Å². The summed E-state index contributed by atoms with van der Waals surface area (Å²) in [6.07, 6.45) is 0. The molecule has 0 atom stereocenters. The third-order valence-corrected chi connectivity index (χ3v) is 2.52. The van der Waals surface area contributed by atoms with E-state index in [-0.39, 0.29) is 28.5 Å². The Kier molecular flexibility index (Phi) is 2.31. The highest BCUT2D eigenvalue weighted by Gasteiger charge is 2.11. The molecule has 6 nitrogen and oxygen atoms in total. The molecule has 0 unspecified atom stereocenters. The van der Waals surface area contributed by atoms with Crippen molar-refractivity contribution in [1.29, 1.82) is 0 Å². The van der Waals surface area contributed by atoms with Crippen LogP contribution in [0.15, 0.2) is 23.0 Å². The molecule has 2 aromatic heterocycles. The molecule has 0 saturated heterocycles.